The van der Waals surface area contributed by atoms with Gasteiger partial charge in [-0.05, 0) is 35.9 Å². The van der Waals surface area contributed by atoms with E-state index in [1.165, 1.54) is 0 Å². The Bertz CT molecular complexity index is 1210. The third-order valence-electron chi connectivity index (χ3n) is 4.36. The van der Waals surface area contributed by atoms with E-state index in [1.807, 2.05) is 34.9 Å². The molecule has 1 unspecified atom stereocenters. The molecule has 0 spiro atoms. The summed E-state index contributed by atoms with van der Waals surface area (Å²) in [6.07, 6.45) is 8.64. The largest absolute Gasteiger partial charge is 0.318 e. The third-order valence-corrected chi connectivity index (χ3v) is 4.36. The van der Waals surface area contributed by atoms with Crippen LogP contribution in [0.15, 0.2) is 61.4 Å². The van der Waals surface area contributed by atoms with Crippen LogP contribution in [-0.4, -0.2) is 34.7 Å². The highest BCUT2D eigenvalue weighted by Gasteiger charge is 2.15. The van der Waals surface area contributed by atoms with Crippen LogP contribution in [0.5, 0.6) is 0 Å². The monoisotopic (exact) mass is 342 g/mol. The zero-order valence-corrected chi connectivity index (χ0v) is 13.6. The predicted molar refractivity (Wildman–Crippen MR) is 96.6 cm³/mol. The van der Waals surface area contributed by atoms with Gasteiger partial charge in [0.1, 0.15) is 11.8 Å². The average Bonchev–Trinajstić information content (AvgIpc) is 3.33. The Morgan fingerprint density at radius 1 is 1.04 bits per heavy atom. The van der Waals surface area contributed by atoms with Crippen molar-refractivity contribution < 1.29 is 0 Å². The van der Waals surface area contributed by atoms with Gasteiger partial charge >= 0.3 is 0 Å². The number of aromatic nitrogens is 7. The topological polar surface area (TPSA) is 111 Å². The summed E-state index contributed by atoms with van der Waals surface area (Å²) in [4.78, 5) is 17.5. The average molecular weight is 342 g/mol. The second-order valence-corrected chi connectivity index (χ2v) is 5.95. The van der Waals surface area contributed by atoms with Crippen molar-refractivity contribution >= 4 is 22.1 Å². The lowest BCUT2D eigenvalue weighted by Crippen LogP contribution is -2.15. The molecule has 0 saturated heterocycles. The lowest BCUT2D eigenvalue weighted by molar-refractivity contribution is 0.783. The highest BCUT2D eigenvalue weighted by molar-refractivity contribution is 5.81. The zero-order valence-electron chi connectivity index (χ0n) is 13.6. The second-order valence-electron chi connectivity index (χ2n) is 5.95. The predicted octanol–water partition coefficient (Wildman–Crippen LogP) is 2.13. The highest BCUT2D eigenvalue weighted by Crippen LogP contribution is 2.22. The molecular weight excluding hydrogens is 328 g/mol. The molecule has 8 nitrogen and oxygen atoms in total. The Labute approximate surface area is 147 Å². The van der Waals surface area contributed by atoms with Crippen molar-refractivity contribution in [1.82, 2.24) is 34.7 Å². The first-order valence-electron chi connectivity index (χ1n) is 8.08. The molecule has 8 heteroatoms. The van der Waals surface area contributed by atoms with Gasteiger partial charge in [0.25, 0.3) is 0 Å². The van der Waals surface area contributed by atoms with Gasteiger partial charge in [-0.1, -0.05) is 0 Å². The van der Waals surface area contributed by atoms with Gasteiger partial charge in [0, 0.05) is 17.8 Å². The summed E-state index contributed by atoms with van der Waals surface area (Å²) in [7, 11) is 0. The van der Waals surface area contributed by atoms with Gasteiger partial charge in [-0.15, -0.1) is 0 Å². The molecular formula is C18H14N8. The molecule has 4 heterocycles. The van der Waals surface area contributed by atoms with Crippen LogP contribution >= 0.6 is 0 Å². The molecule has 0 aliphatic carbocycles. The number of nitrogens with two attached hydrogens (primary N) is 1. The fourth-order valence-electron chi connectivity index (χ4n) is 2.96. The fourth-order valence-corrected chi connectivity index (χ4v) is 2.96. The number of pyridine rings is 1. The van der Waals surface area contributed by atoms with E-state index in [-0.39, 0.29) is 0 Å². The van der Waals surface area contributed by atoms with Crippen molar-refractivity contribution in [2.75, 3.05) is 0 Å². The molecule has 0 bridgehead atoms. The Kier molecular flexibility index (Phi) is 3.22. The second kappa shape index (κ2) is 5.71. The number of fused-ring (bicyclic) bond motifs is 2. The number of imidazole rings is 1. The molecule has 0 aliphatic rings. The van der Waals surface area contributed by atoms with Crippen molar-refractivity contribution in [2.24, 2.45) is 5.73 Å². The van der Waals surface area contributed by atoms with Crippen molar-refractivity contribution in [3.8, 4) is 5.69 Å². The van der Waals surface area contributed by atoms with Gasteiger partial charge in [-0.3, -0.25) is 14.6 Å². The first-order valence-corrected chi connectivity index (χ1v) is 8.08. The fraction of sp³-hybridized carbons (Fsp3) is 0.0556. The van der Waals surface area contributed by atoms with Gasteiger partial charge in [-0.25, -0.2) is 15.0 Å². The van der Waals surface area contributed by atoms with E-state index in [0.717, 1.165) is 22.2 Å². The van der Waals surface area contributed by atoms with E-state index < -0.39 is 6.04 Å². The van der Waals surface area contributed by atoms with Gasteiger partial charge in [0.15, 0.2) is 11.5 Å². The van der Waals surface area contributed by atoms with Gasteiger partial charge in [0.05, 0.1) is 29.6 Å². The Hall–Kier alpha value is -3.65. The number of hydrogen-bond acceptors (Lipinski definition) is 6. The SMILES string of the molecule is NC(c1ccncc1)c1ncc2ncn(-c3ccc4cn[nH]c4c3)c2n1. The van der Waals surface area contributed by atoms with Crippen molar-refractivity contribution in [3.05, 3.63) is 72.8 Å². The number of nitrogens with one attached hydrogen (secondary N) is 1. The van der Waals surface area contributed by atoms with E-state index in [1.54, 1.807) is 31.1 Å². The minimum atomic E-state index is -0.430. The molecule has 0 saturated carbocycles. The summed E-state index contributed by atoms with van der Waals surface area (Å²) in [6, 6.07) is 9.31. The van der Waals surface area contributed by atoms with Crippen LogP contribution in [0.3, 0.4) is 0 Å². The van der Waals surface area contributed by atoms with E-state index >= 15 is 0 Å². The van der Waals surface area contributed by atoms with Crippen LogP contribution in [0.25, 0.3) is 27.8 Å². The Morgan fingerprint density at radius 2 is 1.92 bits per heavy atom. The number of nitrogens with zero attached hydrogens (tertiary/aromatic N) is 6. The summed E-state index contributed by atoms with van der Waals surface area (Å²) in [5.74, 6) is 0.535. The van der Waals surface area contributed by atoms with Crippen molar-refractivity contribution in [2.45, 2.75) is 6.04 Å². The number of benzene rings is 1. The first-order chi connectivity index (χ1) is 12.8. The molecule has 0 fully saturated rings. The number of rotatable bonds is 3. The molecule has 0 aliphatic heterocycles. The molecule has 1 aromatic carbocycles. The molecule has 5 aromatic rings. The molecule has 0 radical (unpaired) electrons. The molecule has 0 amide bonds. The van der Waals surface area contributed by atoms with Crippen molar-refractivity contribution in [1.29, 1.82) is 0 Å². The minimum absolute atomic E-state index is 0.430. The smallest absolute Gasteiger partial charge is 0.168 e. The van der Waals surface area contributed by atoms with Crippen LogP contribution < -0.4 is 5.73 Å². The van der Waals surface area contributed by atoms with Gasteiger partial charge in [-0.2, -0.15) is 5.10 Å². The normalized spacial score (nSPS) is 12.7. The molecule has 3 N–H and O–H groups in total. The van der Waals surface area contributed by atoms with E-state index in [0.29, 0.717) is 17.0 Å². The number of H-pyrrole nitrogens is 1. The summed E-state index contributed by atoms with van der Waals surface area (Å²) in [5, 5.41) is 8.09. The Balaban J connectivity index is 1.63. The van der Waals surface area contributed by atoms with E-state index in [4.69, 9.17) is 5.73 Å². The summed E-state index contributed by atoms with van der Waals surface area (Å²) in [5.41, 5.74) is 10.5. The minimum Gasteiger partial charge on any atom is -0.318 e. The van der Waals surface area contributed by atoms with Gasteiger partial charge < -0.3 is 5.73 Å². The standard InChI is InChI=1S/C18H14N8/c19-16(11-3-5-20-6-4-11)17-21-9-15-18(24-17)26(10-22-15)13-2-1-12-8-23-25-14(12)7-13/h1-10,16H,19H2,(H,23,25). The molecule has 4 aromatic heterocycles. The molecule has 1 atom stereocenters. The summed E-state index contributed by atoms with van der Waals surface area (Å²) < 4.78 is 1.92. The lowest BCUT2D eigenvalue weighted by atomic mass is 10.1. The van der Waals surface area contributed by atoms with Crippen molar-refractivity contribution in [3.63, 3.8) is 0 Å². The summed E-state index contributed by atoms with van der Waals surface area (Å²) >= 11 is 0. The van der Waals surface area contributed by atoms with Crippen LogP contribution in [0, 0.1) is 0 Å². The maximum Gasteiger partial charge on any atom is 0.168 e. The van der Waals surface area contributed by atoms with Crippen LogP contribution in [0.2, 0.25) is 0 Å². The number of hydrogen-bond donors (Lipinski definition) is 2. The van der Waals surface area contributed by atoms with Crippen LogP contribution in [-0.2, 0) is 0 Å². The van der Waals surface area contributed by atoms with E-state index in [2.05, 4.69) is 30.1 Å². The highest BCUT2D eigenvalue weighted by atomic mass is 15.1. The molecule has 126 valence electrons. The number of aromatic amines is 1. The summed E-state index contributed by atoms with van der Waals surface area (Å²) in [6.45, 7) is 0. The molecule has 5 rings (SSSR count). The zero-order chi connectivity index (χ0) is 17.5. The lowest BCUT2D eigenvalue weighted by Gasteiger charge is -2.11. The van der Waals surface area contributed by atoms with E-state index in [9.17, 15) is 0 Å². The molecule has 26 heavy (non-hydrogen) atoms. The van der Waals surface area contributed by atoms with Crippen LogP contribution in [0.4, 0.5) is 0 Å². The third kappa shape index (κ3) is 2.32. The first kappa shape index (κ1) is 14.7. The maximum absolute atomic E-state index is 6.33. The Morgan fingerprint density at radius 3 is 2.81 bits per heavy atom. The van der Waals surface area contributed by atoms with Crippen LogP contribution in [0.1, 0.15) is 17.4 Å². The van der Waals surface area contributed by atoms with Gasteiger partial charge in [0.2, 0.25) is 0 Å². The quantitative estimate of drug-likeness (QED) is 0.519. The maximum atomic E-state index is 6.33.